The molecule has 3 aromatic rings. The van der Waals surface area contributed by atoms with Crippen molar-refractivity contribution in [3.63, 3.8) is 0 Å². The molecule has 0 bridgehead atoms. The minimum absolute atomic E-state index is 0.290. The highest BCUT2D eigenvalue weighted by Gasteiger charge is 2.12. The predicted octanol–water partition coefficient (Wildman–Crippen LogP) is 5.79. The number of halogens is 2. The Morgan fingerprint density at radius 2 is 1.83 bits per heavy atom. The first kappa shape index (κ1) is 16.1. The van der Waals surface area contributed by atoms with Gasteiger partial charge in [0.1, 0.15) is 11.3 Å². The zero-order valence-electron chi connectivity index (χ0n) is 13.2. The minimum atomic E-state index is -0.290. The second-order valence-electron chi connectivity index (χ2n) is 6.12. The molecule has 23 heavy (non-hydrogen) atoms. The lowest BCUT2D eigenvalue weighted by Gasteiger charge is -2.10. The molecule has 0 atom stereocenters. The monoisotopic (exact) mass is 372 g/mol. The Bertz CT molecular complexity index is 832. The van der Waals surface area contributed by atoms with Gasteiger partial charge in [-0.2, -0.15) is 0 Å². The van der Waals surface area contributed by atoms with Crippen LogP contribution in [-0.2, 0) is 6.42 Å². The number of pyridine rings is 2. The maximum atomic E-state index is 14.6. The smallest absolute Gasteiger partial charge is 0.150 e. The summed E-state index contributed by atoms with van der Waals surface area (Å²) in [5.74, 6) is 0.312. The molecule has 1 aromatic carbocycles. The van der Waals surface area contributed by atoms with Crippen LogP contribution >= 0.6 is 15.9 Å². The van der Waals surface area contributed by atoms with Crippen LogP contribution in [0.2, 0.25) is 0 Å². The fraction of sp³-hybridized carbons (Fsp3) is 0.263. The summed E-state index contributed by atoms with van der Waals surface area (Å²) in [5.41, 5.74) is 3.12. The van der Waals surface area contributed by atoms with E-state index in [9.17, 15) is 4.39 Å². The molecule has 0 saturated carbocycles. The van der Waals surface area contributed by atoms with Crippen LogP contribution in [0, 0.1) is 11.7 Å². The molecular formula is C19H18BrFN2. The van der Waals surface area contributed by atoms with Crippen molar-refractivity contribution in [2.75, 3.05) is 0 Å². The van der Waals surface area contributed by atoms with Crippen molar-refractivity contribution in [2.45, 2.75) is 26.7 Å². The molecule has 0 unspecified atom stereocenters. The summed E-state index contributed by atoms with van der Waals surface area (Å²) in [4.78, 5) is 8.53. The Morgan fingerprint density at radius 3 is 2.52 bits per heavy atom. The molecule has 0 saturated heterocycles. The van der Waals surface area contributed by atoms with Crippen LogP contribution in [0.4, 0.5) is 4.39 Å². The quantitative estimate of drug-likeness (QED) is 0.579. The fourth-order valence-corrected chi connectivity index (χ4v) is 3.14. The summed E-state index contributed by atoms with van der Waals surface area (Å²) in [6, 6.07) is 9.26. The Kier molecular flexibility index (Phi) is 4.71. The maximum Gasteiger partial charge on any atom is 0.150 e. The van der Waals surface area contributed by atoms with Crippen molar-refractivity contribution >= 4 is 26.8 Å². The Balaban J connectivity index is 2.08. The lowest BCUT2D eigenvalue weighted by molar-refractivity contribution is 0.581. The number of aromatic nitrogens is 2. The summed E-state index contributed by atoms with van der Waals surface area (Å²) in [7, 11) is 0. The van der Waals surface area contributed by atoms with Crippen LogP contribution < -0.4 is 0 Å². The fourth-order valence-electron chi connectivity index (χ4n) is 2.57. The first-order valence-electron chi connectivity index (χ1n) is 7.73. The van der Waals surface area contributed by atoms with Crippen molar-refractivity contribution in [3.05, 3.63) is 58.7 Å². The first-order chi connectivity index (χ1) is 11.0. The molecule has 0 aliphatic heterocycles. The lowest BCUT2D eigenvalue weighted by Crippen LogP contribution is -1.97. The first-order valence-corrected chi connectivity index (χ1v) is 8.53. The third-order valence-electron chi connectivity index (χ3n) is 3.86. The number of hydrogen-bond donors (Lipinski definition) is 0. The zero-order chi connectivity index (χ0) is 16.4. The van der Waals surface area contributed by atoms with Crippen molar-refractivity contribution < 1.29 is 4.39 Å². The van der Waals surface area contributed by atoms with Crippen molar-refractivity contribution in [1.82, 2.24) is 9.97 Å². The van der Waals surface area contributed by atoms with Crippen LogP contribution in [0.5, 0.6) is 0 Å². The Labute approximate surface area is 143 Å². The summed E-state index contributed by atoms with van der Waals surface area (Å²) >= 11 is 3.58. The van der Waals surface area contributed by atoms with Gasteiger partial charge in [0.2, 0.25) is 0 Å². The standard InChI is InChI=1S/C19H18BrFN2/c1-12(2)3-4-15-11-17(20)16-9-14(10-18(21)19(16)23-15)13-5-7-22-8-6-13/h5-12H,3-4H2,1-2H3. The van der Waals surface area contributed by atoms with Crippen LogP contribution in [0.15, 0.2) is 47.2 Å². The van der Waals surface area contributed by atoms with E-state index in [4.69, 9.17) is 0 Å². The number of rotatable bonds is 4. The van der Waals surface area contributed by atoms with E-state index in [1.54, 1.807) is 18.5 Å². The molecule has 118 valence electrons. The zero-order valence-corrected chi connectivity index (χ0v) is 14.8. The molecule has 3 rings (SSSR count). The minimum Gasteiger partial charge on any atom is -0.265 e. The molecule has 2 aromatic heterocycles. The van der Waals surface area contributed by atoms with Gasteiger partial charge in [0.05, 0.1) is 0 Å². The highest BCUT2D eigenvalue weighted by Crippen LogP contribution is 2.31. The summed E-state index contributed by atoms with van der Waals surface area (Å²) in [5, 5.41) is 0.796. The van der Waals surface area contributed by atoms with E-state index in [2.05, 4.69) is 39.7 Å². The van der Waals surface area contributed by atoms with Crippen LogP contribution in [-0.4, -0.2) is 9.97 Å². The molecule has 2 heterocycles. The Hall–Kier alpha value is -1.81. The van der Waals surface area contributed by atoms with E-state index in [-0.39, 0.29) is 5.82 Å². The van der Waals surface area contributed by atoms with Gasteiger partial charge in [0, 0.05) is 27.9 Å². The summed E-state index contributed by atoms with van der Waals surface area (Å²) < 4.78 is 15.5. The second kappa shape index (κ2) is 6.75. The largest absolute Gasteiger partial charge is 0.265 e. The molecule has 2 nitrogen and oxygen atoms in total. The Morgan fingerprint density at radius 1 is 1.09 bits per heavy atom. The van der Waals surface area contributed by atoms with Gasteiger partial charge in [0.25, 0.3) is 0 Å². The predicted molar refractivity (Wildman–Crippen MR) is 95.8 cm³/mol. The third-order valence-corrected chi connectivity index (χ3v) is 4.52. The van der Waals surface area contributed by atoms with Gasteiger partial charge < -0.3 is 0 Å². The normalized spacial score (nSPS) is 11.3. The molecule has 4 heteroatoms. The van der Waals surface area contributed by atoms with Crippen LogP contribution in [0.1, 0.15) is 26.0 Å². The molecule has 0 spiro atoms. The van der Waals surface area contributed by atoms with E-state index in [0.29, 0.717) is 11.4 Å². The van der Waals surface area contributed by atoms with Crippen molar-refractivity contribution in [1.29, 1.82) is 0 Å². The molecule has 0 aliphatic rings. The van der Waals surface area contributed by atoms with E-state index >= 15 is 0 Å². The second-order valence-corrected chi connectivity index (χ2v) is 6.97. The number of benzene rings is 1. The lowest BCUT2D eigenvalue weighted by atomic mass is 10.0. The van der Waals surface area contributed by atoms with Crippen LogP contribution in [0.25, 0.3) is 22.0 Å². The molecule has 0 fully saturated rings. The van der Waals surface area contributed by atoms with E-state index in [1.807, 2.05) is 24.3 Å². The van der Waals surface area contributed by atoms with Gasteiger partial charge >= 0.3 is 0 Å². The highest BCUT2D eigenvalue weighted by atomic mass is 79.9. The summed E-state index contributed by atoms with van der Waals surface area (Å²) in [6.45, 7) is 4.36. The van der Waals surface area contributed by atoms with Gasteiger partial charge in [-0.15, -0.1) is 0 Å². The average Bonchev–Trinajstić information content (AvgIpc) is 2.54. The van der Waals surface area contributed by atoms with Crippen LogP contribution in [0.3, 0.4) is 0 Å². The van der Waals surface area contributed by atoms with Crippen molar-refractivity contribution in [3.8, 4) is 11.1 Å². The summed E-state index contributed by atoms with van der Waals surface area (Å²) in [6.07, 6.45) is 5.32. The molecule has 0 radical (unpaired) electrons. The van der Waals surface area contributed by atoms with E-state index in [0.717, 1.165) is 39.5 Å². The van der Waals surface area contributed by atoms with Gasteiger partial charge in [-0.05, 0) is 60.2 Å². The van der Waals surface area contributed by atoms with E-state index in [1.165, 1.54) is 0 Å². The number of hydrogen-bond acceptors (Lipinski definition) is 2. The van der Waals surface area contributed by atoms with Crippen molar-refractivity contribution in [2.24, 2.45) is 5.92 Å². The van der Waals surface area contributed by atoms with E-state index < -0.39 is 0 Å². The number of aryl methyl sites for hydroxylation is 1. The highest BCUT2D eigenvalue weighted by molar-refractivity contribution is 9.10. The van der Waals surface area contributed by atoms with Gasteiger partial charge in [-0.1, -0.05) is 29.8 Å². The topological polar surface area (TPSA) is 25.8 Å². The molecular weight excluding hydrogens is 355 g/mol. The maximum absolute atomic E-state index is 14.6. The van der Waals surface area contributed by atoms with Gasteiger partial charge in [-0.25, -0.2) is 9.37 Å². The third kappa shape index (κ3) is 3.58. The van der Waals surface area contributed by atoms with Gasteiger partial charge in [-0.3, -0.25) is 4.98 Å². The van der Waals surface area contributed by atoms with Gasteiger partial charge in [0.15, 0.2) is 0 Å². The molecule has 0 N–H and O–H groups in total. The SMILES string of the molecule is CC(C)CCc1cc(Br)c2cc(-c3ccncc3)cc(F)c2n1. The molecule has 0 amide bonds. The number of fused-ring (bicyclic) bond motifs is 1. The molecule has 0 aliphatic carbocycles. The number of nitrogens with zero attached hydrogens (tertiary/aromatic N) is 2. The average molecular weight is 373 g/mol.